The van der Waals surface area contributed by atoms with E-state index in [9.17, 15) is 23.1 Å². The Kier molecular flexibility index (Phi) is 5.59. The predicted octanol–water partition coefficient (Wildman–Crippen LogP) is 0.644. The quantitative estimate of drug-likeness (QED) is 0.820. The minimum atomic E-state index is -3.90. The molecule has 2 aliphatic heterocycles. The van der Waals surface area contributed by atoms with E-state index in [0.717, 1.165) is 0 Å². The molecule has 0 saturated carbocycles. The number of carboxylic acid groups (broad SMARTS) is 1. The second kappa shape index (κ2) is 7.73. The van der Waals surface area contributed by atoms with Crippen LogP contribution in [-0.4, -0.2) is 74.0 Å². The third kappa shape index (κ3) is 3.74. The van der Waals surface area contributed by atoms with E-state index in [1.165, 1.54) is 28.6 Å². The lowest BCUT2D eigenvalue weighted by Gasteiger charge is -2.35. The number of carbonyl (C=O) groups excluding carboxylic acids is 1. The van der Waals surface area contributed by atoms with E-state index in [4.69, 9.17) is 4.74 Å². The van der Waals surface area contributed by atoms with Gasteiger partial charge in [-0.2, -0.15) is 4.31 Å². The highest BCUT2D eigenvalue weighted by Crippen LogP contribution is 2.27. The zero-order valence-corrected chi connectivity index (χ0v) is 15.2. The molecule has 3 rings (SSSR count). The lowest BCUT2D eigenvalue weighted by atomic mass is 9.96. The van der Waals surface area contributed by atoms with Crippen LogP contribution in [0.15, 0.2) is 29.2 Å². The molecular formula is C17H22N2O6S. The highest BCUT2D eigenvalue weighted by molar-refractivity contribution is 7.89. The maximum atomic E-state index is 12.8. The van der Waals surface area contributed by atoms with Gasteiger partial charge < -0.3 is 14.7 Å². The maximum absolute atomic E-state index is 12.8. The summed E-state index contributed by atoms with van der Waals surface area (Å²) in [5.41, 5.74) is -0.237. The topological polar surface area (TPSA) is 104 Å². The number of piperidine rings is 1. The third-order valence-corrected chi connectivity index (χ3v) is 6.82. The van der Waals surface area contributed by atoms with Gasteiger partial charge >= 0.3 is 5.97 Å². The molecule has 26 heavy (non-hydrogen) atoms. The number of rotatable bonds is 4. The lowest BCUT2D eigenvalue weighted by Crippen LogP contribution is -2.47. The van der Waals surface area contributed by atoms with Crippen molar-refractivity contribution in [2.24, 2.45) is 5.92 Å². The van der Waals surface area contributed by atoms with Crippen molar-refractivity contribution in [2.75, 3.05) is 39.4 Å². The Morgan fingerprint density at radius 1 is 1.04 bits per heavy atom. The molecule has 2 aliphatic rings. The Balaban J connectivity index is 1.69. The SMILES string of the molecule is O=C(O)c1ccccc1S(=O)(=O)N1CCC(C(=O)N2CCOCC2)CC1. The monoisotopic (exact) mass is 382 g/mol. The fourth-order valence-electron chi connectivity index (χ4n) is 3.39. The van der Waals surface area contributed by atoms with Crippen molar-refractivity contribution < 1.29 is 27.9 Å². The number of hydrogen-bond acceptors (Lipinski definition) is 5. The summed E-state index contributed by atoms with van der Waals surface area (Å²) >= 11 is 0. The van der Waals surface area contributed by atoms with Crippen molar-refractivity contribution in [2.45, 2.75) is 17.7 Å². The Morgan fingerprint density at radius 3 is 2.27 bits per heavy atom. The standard InChI is InChI=1S/C17H22N2O6S/c20-16(18-9-11-25-12-10-18)13-5-7-19(8-6-13)26(23,24)15-4-2-1-3-14(15)17(21)22/h1-4,13H,5-12H2,(H,21,22). The number of benzene rings is 1. The van der Waals surface area contributed by atoms with E-state index in [2.05, 4.69) is 0 Å². The molecule has 2 saturated heterocycles. The van der Waals surface area contributed by atoms with Crippen molar-refractivity contribution in [1.82, 2.24) is 9.21 Å². The molecule has 0 aliphatic carbocycles. The molecule has 0 atom stereocenters. The number of amides is 1. The van der Waals surface area contributed by atoms with Crippen LogP contribution in [0.5, 0.6) is 0 Å². The molecule has 1 aromatic rings. The van der Waals surface area contributed by atoms with Crippen molar-refractivity contribution in [3.63, 3.8) is 0 Å². The third-order valence-electron chi connectivity index (χ3n) is 4.86. The molecule has 0 spiro atoms. The van der Waals surface area contributed by atoms with Crippen molar-refractivity contribution in [1.29, 1.82) is 0 Å². The van der Waals surface area contributed by atoms with Gasteiger partial charge in [0, 0.05) is 32.1 Å². The van der Waals surface area contributed by atoms with Crippen LogP contribution < -0.4 is 0 Å². The molecular weight excluding hydrogens is 360 g/mol. The van der Waals surface area contributed by atoms with E-state index in [1.54, 1.807) is 4.90 Å². The number of carboxylic acids is 1. The van der Waals surface area contributed by atoms with Gasteiger partial charge in [-0.3, -0.25) is 4.79 Å². The Labute approximate surface area is 152 Å². The molecule has 0 radical (unpaired) electrons. The maximum Gasteiger partial charge on any atom is 0.337 e. The van der Waals surface area contributed by atoms with E-state index in [1.807, 2.05) is 0 Å². The van der Waals surface area contributed by atoms with E-state index < -0.39 is 16.0 Å². The number of aromatic carboxylic acids is 1. The van der Waals surface area contributed by atoms with Gasteiger partial charge in [0.15, 0.2) is 0 Å². The van der Waals surface area contributed by atoms with Crippen LogP contribution in [0.4, 0.5) is 0 Å². The normalized spacial score (nSPS) is 20.1. The van der Waals surface area contributed by atoms with Crippen molar-refractivity contribution in [3.05, 3.63) is 29.8 Å². The largest absolute Gasteiger partial charge is 0.478 e. The van der Waals surface area contributed by atoms with E-state index in [-0.39, 0.29) is 35.4 Å². The molecule has 1 aromatic carbocycles. The lowest BCUT2D eigenvalue weighted by molar-refractivity contribution is -0.140. The number of morpholine rings is 1. The van der Waals surface area contributed by atoms with Crippen LogP contribution in [0, 0.1) is 5.92 Å². The molecule has 0 unspecified atom stereocenters. The summed E-state index contributed by atoms with van der Waals surface area (Å²) in [6, 6.07) is 5.59. The van der Waals surface area contributed by atoms with Crippen molar-refractivity contribution >= 4 is 21.9 Å². The number of nitrogens with zero attached hydrogens (tertiary/aromatic N) is 2. The molecule has 0 bridgehead atoms. The minimum Gasteiger partial charge on any atom is -0.478 e. The van der Waals surface area contributed by atoms with Gasteiger partial charge in [0.05, 0.1) is 23.7 Å². The zero-order chi connectivity index (χ0) is 18.7. The van der Waals surface area contributed by atoms with Crippen LogP contribution >= 0.6 is 0 Å². The van der Waals surface area contributed by atoms with Gasteiger partial charge in [0.1, 0.15) is 0 Å². The van der Waals surface area contributed by atoms with Crippen LogP contribution in [-0.2, 0) is 19.6 Å². The summed E-state index contributed by atoms with van der Waals surface area (Å²) in [6.45, 7) is 2.62. The smallest absolute Gasteiger partial charge is 0.337 e. The number of ether oxygens (including phenoxy) is 1. The van der Waals surface area contributed by atoms with Crippen LogP contribution in [0.3, 0.4) is 0 Å². The first-order chi connectivity index (χ1) is 12.4. The van der Waals surface area contributed by atoms with Crippen LogP contribution in [0.25, 0.3) is 0 Å². The van der Waals surface area contributed by atoms with Crippen LogP contribution in [0.1, 0.15) is 23.2 Å². The zero-order valence-electron chi connectivity index (χ0n) is 14.3. The summed E-state index contributed by atoms with van der Waals surface area (Å²) in [7, 11) is -3.90. The van der Waals surface area contributed by atoms with Gasteiger partial charge in [0.25, 0.3) is 0 Å². The number of hydrogen-bond donors (Lipinski definition) is 1. The molecule has 2 heterocycles. The molecule has 1 N–H and O–H groups in total. The van der Waals surface area contributed by atoms with Crippen molar-refractivity contribution in [3.8, 4) is 0 Å². The summed E-state index contributed by atoms with van der Waals surface area (Å²) in [5, 5.41) is 9.24. The van der Waals surface area contributed by atoms with Gasteiger partial charge in [0.2, 0.25) is 15.9 Å². The van der Waals surface area contributed by atoms with Gasteiger partial charge in [-0.25, -0.2) is 13.2 Å². The number of carbonyl (C=O) groups is 2. The Hall–Kier alpha value is -1.97. The fourth-order valence-corrected chi connectivity index (χ4v) is 5.05. The molecule has 2 fully saturated rings. The average Bonchev–Trinajstić information content (AvgIpc) is 2.68. The molecule has 9 heteroatoms. The highest BCUT2D eigenvalue weighted by Gasteiger charge is 2.35. The molecule has 1 amide bonds. The second-order valence-corrected chi connectivity index (χ2v) is 8.32. The summed E-state index contributed by atoms with van der Waals surface area (Å²) in [6.07, 6.45) is 0.870. The summed E-state index contributed by atoms with van der Waals surface area (Å²) in [4.78, 5) is 25.4. The predicted molar refractivity (Wildman–Crippen MR) is 92.3 cm³/mol. The Bertz CT molecular complexity index is 780. The highest BCUT2D eigenvalue weighted by atomic mass is 32.2. The van der Waals surface area contributed by atoms with Gasteiger partial charge in [-0.05, 0) is 25.0 Å². The second-order valence-electron chi connectivity index (χ2n) is 6.42. The average molecular weight is 382 g/mol. The first-order valence-corrected chi connectivity index (χ1v) is 10.0. The first kappa shape index (κ1) is 18.8. The fraction of sp³-hybridized carbons (Fsp3) is 0.529. The van der Waals surface area contributed by atoms with Gasteiger partial charge in [-0.1, -0.05) is 12.1 Å². The molecule has 8 nitrogen and oxygen atoms in total. The van der Waals surface area contributed by atoms with E-state index >= 15 is 0 Å². The van der Waals surface area contributed by atoms with E-state index in [0.29, 0.717) is 39.1 Å². The minimum absolute atomic E-state index is 0.0521. The van der Waals surface area contributed by atoms with Gasteiger partial charge in [-0.15, -0.1) is 0 Å². The molecule has 0 aromatic heterocycles. The Morgan fingerprint density at radius 2 is 1.65 bits per heavy atom. The van der Waals surface area contributed by atoms with Crippen LogP contribution in [0.2, 0.25) is 0 Å². The number of sulfonamides is 1. The summed E-state index contributed by atoms with van der Waals surface area (Å²) in [5.74, 6) is -1.42. The first-order valence-electron chi connectivity index (χ1n) is 8.60. The molecule has 142 valence electrons. The summed E-state index contributed by atoms with van der Waals surface area (Å²) < 4.78 is 32.2.